The normalized spacial score (nSPS) is 15.0. The van der Waals surface area contributed by atoms with Crippen LogP contribution in [0.25, 0.3) is 10.9 Å². The lowest BCUT2D eigenvalue weighted by Gasteiger charge is -2.31. The zero-order chi connectivity index (χ0) is 19.5. The largest absolute Gasteiger partial charge is 0.369 e. The average Bonchev–Trinajstić information content (AvgIpc) is 2.72. The Morgan fingerprint density at radius 3 is 2.75 bits per heavy atom. The number of aromatic nitrogens is 3. The second-order valence-corrected chi connectivity index (χ2v) is 7.28. The van der Waals surface area contributed by atoms with Gasteiger partial charge in [-0.15, -0.1) is 0 Å². The van der Waals surface area contributed by atoms with E-state index >= 15 is 0 Å². The molecule has 1 aromatic carbocycles. The van der Waals surface area contributed by atoms with Gasteiger partial charge in [-0.05, 0) is 30.5 Å². The van der Waals surface area contributed by atoms with Gasteiger partial charge in [-0.3, -0.25) is 4.79 Å². The number of halogens is 1. The molecule has 0 unspecified atom stereocenters. The summed E-state index contributed by atoms with van der Waals surface area (Å²) in [6.45, 7) is 2.03. The number of nitrogens with zero attached hydrogens (tertiary/aromatic N) is 4. The van der Waals surface area contributed by atoms with Crippen LogP contribution in [-0.4, -0.2) is 33.9 Å². The lowest BCUT2D eigenvalue weighted by Crippen LogP contribution is -2.39. The Bertz CT molecular complexity index is 1000. The number of hydrogen-bond donors (Lipinski definition) is 2. The van der Waals surface area contributed by atoms with Crippen molar-refractivity contribution >= 4 is 40.2 Å². The van der Waals surface area contributed by atoms with Gasteiger partial charge in [0, 0.05) is 43.0 Å². The van der Waals surface area contributed by atoms with Crippen molar-refractivity contribution in [3.05, 3.63) is 53.3 Å². The van der Waals surface area contributed by atoms with E-state index in [1.807, 2.05) is 30.3 Å². The first kappa shape index (κ1) is 18.4. The number of benzene rings is 1. The quantitative estimate of drug-likeness (QED) is 0.688. The minimum absolute atomic E-state index is 0.0527. The molecule has 0 atom stereocenters. The van der Waals surface area contributed by atoms with Crippen LogP contribution in [0.4, 0.5) is 11.8 Å². The molecule has 2 aromatic heterocycles. The van der Waals surface area contributed by atoms with E-state index in [-0.39, 0.29) is 11.8 Å². The van der Waals surface area contributed by atoms with Gasteiger partial charge in [0.25, 0.3) is 0 Å². The molecule has 1 amide bonds. The second kappa shape index (κ2) is 7.98. The molecule has 0 bridgehead atoms. The molecular formula is C20H21ClN6O. The van der Waals surface area contributed by atoms with Gasteiger partial charge < -0.3 is 16.0 Å². The zero-order valence-electron chi connectivity index (χ0n) is 15.3. The van der Waals surface area contributed by atoms with E-state index in [0.29, 0.717) is 17.5 Å². The summed E-state index contributed by atoms with van der Waals surface area (Å²) in [5.41, 5.74) is 7.23. The third kappa shape index (κ3) is 3.84. The number of amides is 1. The third-order valence-electron chi connectivity index (χ3n) is 5.08. The number of nitrogens with two attached hydrogens (primary N) is 1. The van der Waals surface area contributed by atoms with Crippen molar-refractivity contribution in [2.24, 2.45) is 11.7 Å². The van der Waals surface area contributed by atoms with Crippen molar-refractivity contribution in [3.8, 4) is 0 Å². The highest BCUT2D eigenvalue weighted by Gasteiger charge is 2.24. The van der Waals surface area contributed by atoms with Crippen molar-refractivity contribution in [1.82, 2.24) is 15.0 Å². The summed E-state index contributed by atoms with van der Waals surface area (Å²) in [7, 11) is 0. The molecule has 1 aliphatic rings. The number of rotatable bonds is 5. The van der Waals surface area contributed by atoms with Crippen LogP contribution in [0.15, 0.2) is 42.7 Å². The number of piperidine rings is 1. The fraction of sp³-hybridized carbons (Fsp3) is 0.300. The number of fused-ring (bicyclic) bond motifs is 1. The third-order valence-corrected chi connectivity index (χ3v) is 5.45. The van der Waals surface area contributed by atoms with Crippen LogP contribution in [0.3, 0.4) is 0 Å². The molecule has 7 nitrogen and oxygen atoms in total. The van der Waals surface area contributed by atoms with Gasteiger partial charge in [-0.1, -0.05) is 29.8 Å². The van der Waals surface area contributed by atoms with Crippen LogP contribution in [0, 0.1) is 5.92 Å². The second-order valence-electron chi connectivity index (χ2n) is 6.87. The molecule has 0 aliphatic carbocycles. The summed E-state index contributed by atoms with van der Waals surface area (Å²) < 4.78 is 0. The first-order valence-corrected chi connectivity index (χ1v) is 9.63. The van der Waals surface area contributed by atoms with Gasteiger partial charge in [0.2, 0.25) is 11.9 Å². The van der Waals surface area contributed by atoms with Gasteiger partial charge >= 0.3 is 0 Å². The predicted molar refractivity (Wildman–Crippen MR) is 110 cm³/mol. The highest BCUT2D eigenvalue weighted by atomic mass is 35.5. The highest BCUT2D eigenvalue weighted by molar-refractivity contribution is 6.31. The van der Waals surface area contributed by atoms with Gasteiger partial charge in [-0.2, -0.15) is 0 Å². The number of primary amides is 1. The topological polar surface area (TPSA) is 97.0 Å². The summed E-state index contributed by atoms with van der Waals surface area (Å²) in [5.74, 6) is 1.11. The molecule has 1 aliphatic heterocycles. The summed E-state index contributed by atoms with van der Waals surface area (Å²) in [4.78, 5) is 27.1. The van der Waals surface area contributed by atoms with Crippen molar-refractivity contribution < 1.29 is 4.79 Å². The highest BCUT2D eigenvalue weighted by Crippen LogP contribution is 2.27. The molecule has 144 valence electrons. The maximum atomic E-state index is 11.4. The fourth-order valence-corrected chi connectivity index (χ4v) is 3.67. The number of pyridine rings is 1. The molecule has 3 heterocycles. The molecule has 8 heteroatoms. The van der Waals surface area contributed by atoms with Crippen molar-refractivity contribution in [2.75, 3.05) is 23.3 Å². The summed E-state index contributed by atoms with van der Waals surface area (Å²) in [6.07, 6.45) is 5.03. The molecular weight excluding hydrogens is 376 g/mol. The van der Waals surface area contributed by atoms with Crippen LogP contribution >= 0.6 is 11.6 Å². The number of nitrogens with one attached hydrogen (secondary N) is 1. The van der Waals surface area contributed by atoms with E-state index in [9.17, 15) is 4.79 Å². The Labute approximate surface area is 167 Å². The Morgan fingerprint density at radius 1 is 1.21 bits per heavy atom. The van der Waals surface area contributed by atoms with E-state index in [4.69, 9.17) is 17.3 Å². The van der Waals surface area contributed by atoms with Crippen LogP contribution < -0.4 is 16.0 Å². The van der Waals surface area contributed by atoms with E-state index in [1.54, 1.807) is 12.4 Å². The minimum Gasteiger partial charge on any atom is -0.369 e. The Balaban J connectivity index is 1.52. The van der Waals surface area contributed by atoms with Crippen LogP contribution in [0.2, 0.25) is 5.02 Å². The van der Waals surface area contributed by atoms with Gasteiger partial charge in [-0.25, -0.2) is 15.0 Å². The number of hydrogen-bond acceptors (Lipinski definition) is 6. The number of anilines is 2. The van der Waals surface area contributed by atoms with Crippen LogP contribution in [-0.2, 0) is 11.3 Å². The summed E-state index contributed by atoms with van der Waals surface area (Å²) >= 11 is 6.20. The molecule has 28 heavy (non-hydrogen) atoms. The van der Waals surface area contributed by atoms with Crippen molar-refractivity contribution in [3.63, 3.8) is 0 Å². The Kier molecular flexibility index (Phi) is 5.25. The zero-order valence-corrected chi connectivity index (χ0v) is 16.1. The lowest BCUT2D eigenvalue weighted by molar-refractivity contribution is -0.122. The molecule has 0 saturated carbocycles. The summed E-state index contributed by atoms with van der Waals surface area (Å²) in [6, 6.07) is 9.55. The van der Waals surface area contributed by atoms with Crippen molar-refractivity contribution in [2.45, 2.75) is 19.4 Å². The fourth-order valence-electron chi connectivity index (χ4n) is 3.47. The molecule has 4 rings (SSSR count). The molecule has 0 radical (unpaired) electrons. The first-order valence-electron chi connectivity index (χ1n) is 9.25. The maximum Gasteiger partial charge on any atom is 0.223 e. The Morgan fingerprint density at radius 2 is 2.00 bits per heavy atom. The molecule has 0 spiro atoms. The van der Waals surface area contributed by atoms with E-state index in [0.717, 1.165) is 48.2 Å². The smallest absolute Gasteiger partial charge is 0.223 e. The van der Waals surface area contributed by atoms with Crippen LogP contribution in [0.5, 0.6) is 0 Å². The van der Waals surface area contributed by atoms with E-state index in [2.05, 4.69) is 25.2 Å². The average molecular weight is 397 g/mol. The predicted octanol–water partition coefficient (Wildman–Crippen LogP) is 2.99. The van der Waals surface area contributed by atoms with Gasteiger partial charge in [0.05, 0.1) is 10.9 Å². The molecule has 1 saturated heterocycles. The van der Waals surface area contributed by atoms with Gasteiger partial charge in [0.15, 0.2) is 0 Å². The molecule has 1 fully saturated rings. The van der Waals surface area contributed by atoms with E-state index < -0.39 is 0 Å². The minimum atomic E-state index is -0.219. The number of carbonyl (C=O) groups is 1. The van der Waals surface area contributed by atoms with Gasteiger partial charge in [0.1, 0.15) is 5.82 Å². The molecule has 3 N–H and O–H groups in total. The van der Waals surface area contributed by atoms with E-state index in [1.165, 1.54) is 0 Å². The monoisotopic (exact) mass is 396 g/mol. The maximum absolute atomic E-state index is 11.4. The SMILES string of the molecule is NC(=O)C1CCN(c2nccc3nc(NCc4ccccc4Cl)ncc23)CC1. The lowest BCUT2D eigenvalue weighted by atomic mass is 9.96. The first-order chi connectivity index (χ1) is 13.6. The Hall–Kier alpha value is -2.93. The molecule has 3 aromatic rings. The number of carbonyl (C=O) groups excluding carboxylic acids is 1. The van der Waals surface area contributed by atoms with Crippen LogP contribution in [0.1, 0.15) is 18.4 Å². The van der Waals surface area contributed by atoms with Crippen molar-refractivity contribution in [1.29, 1.82) is 0 Å². The summed E-state index contributed by atoms with van der Waals surface area (Å²) in [5, 5.41) is 4.82. The standard InChI is InChI=1S/C20H21ClN6O/c21-16-4-2-1-3-14(16)11-24-20-25-12-15-17(26-20)5-8-23-19(15)27-9-6-13(7-10-27)18(22)28/h1-5,8,12-13H,6-7,9-11H2,(H2,22,28)(H,24,25,26).